The molecule has 0 saturated carbocycles. The van der Waals surface area contributed by atoms with Crippen molar-refractivity contribution >= 4 is 5.97 Å². The van der Waals surface area contributed by atoms with Gasteiger partial charge in [0.05, 0.1) is 25.4 Å². The minimum absolute atomic E-state index is 0.103. The van der Waals surface area contributed by atoms with Crippen LogP contribution in [0.15, 0.2) is 50.1 Å². The molecule has 0 unspecified atom stereocenters. The monoisotopic (exact) mass is 374 g/mol. The van der Waals surface area contributed by atoms with Gasteiger partial charge in [-0.2, -0.15) is 0 Å². The van der Waals surface area contributed by atoms with Crippen molar-refractivity contribution in [2.45, 2.75) is 38.5 Å². The Kier molecular flexibility index (Phi) is 11.2. The second kappa shape index (κ2) is 13.5. The zero-order valence-electron chi connectivity index (χ0n) is 16.0. The van der Waals surface area contributed by atoms with Crippen LogP contribution in [0.1, 0.15) is 48.9 Å². The molecule has 1 rings (SSSR count). The van der Waals surface area contributed by atoms with Crippen LogP contribution in [-0.4, -0.2) is 30.9 Å². The summed E-state index contributed by atoms with van der Waals surface area (Å²) in [6, 6.07) is 2.96. The van der Waals surface area contributed by atoms with E-state index in [9.17, 15) is 9.90 Å². The van der Waals surface area contributed by atoms with Crippen LogP contribution in [0.4, 0.5) is 0 Å². The van der Waals surface area contributed by atoms with E-state index >= 15 is 0 Å². The first-order valence-electron chi connectivity index (χ1n) is 9.26. The molecule has 1 aromatic carbocycles. The quantitative estimate of drug-likeness (QED) is 0.309. The summed E-state index contributed by atoms with van der Waals surface area (Å²) in [5.41, 5.74) is 0.103. The van der Waals surface area contributed by atoms with Gasteiger partial charge in [-0.3, -0.25) is 0 Å². The average molecular weight is 374 g/mol. The van der Waals surface area contributed by atoms with Crippen molar-refractivity contribution in [2.24, 2.45) is 0 Å². The lowest BCUT2D eigenvalue weighted by atomic mass is 10.1. The van der Waals surface area contributed by atoms with Gasteiger partial charge in [-0.1, -0.05) is 18.2 Å². The zero-order chi connectivity index (χ0) is 19.9. The molecular weight excluding hydrogens is 344 g/mol. The molecule has 1 aromatic rings. The number of hydrogen-bond donors (Lipinski definition) is 1. The third-order valence-corrected chi connectivity index (χ3v) is 3.69. The topological polar surface area (TPSA) is 65.0 Å². The van der Waals surface area contributed by atoms with E-state index in [1.807, 2.05) is 18.2 Å². The van der Waals surface area contributed by atoms with E-state index in [-0.39, 0.29) is 5.56 Å². The lowest BCUT2D eigenvalue weighted by Crippen LogP contribution is -2.08. The number of carboxylic acids is 1. The third-order valence-electron chi connectivity index (χ3n) is 3.69. The summed E-state index contributed by atoms with van der Waals surface area (Å²) in [7, 11) is 0. The van der Waals surface area contributed by atoms with Crippen LogP contribution in [0.2, 0.25) is 0 Å². The van der Waals surface area contributed by atoms with Crippen molar-refractivity contribution in [1.29, 1.82) is 0 Å². The first-order chi connectivity index (χ1) is 13.1. The van der Waals surface area contributed by atoms with Crippen LogP contribution < -0.4 is 14.2 Å². The Morgan fingerprint density at radius 1 is 0.815 bits per heavy atom. The van der Waals surface area contributed by atoms with Crippen molar-refractivity contribution in [3.05, 3.63) is 55.7 Å². The van der Waals surface area contributed by atoms with Gasteiger partial charge in [-0.25, -0.2) is 4.79 Å². The van der Waals surface area contributed by atoms with Crippen molar-refractivity contribution in [2.75, 3.05) is 19.8 Å². The number of carbonyl (C=O) groups is 1. The van der Waals surface area contributed by atoms with E-state index in [4.69, 9.17) is 14.2 Å². The SMILES string of the molecule is C=CCCCOc1cc(C(=O)O)cc(OCCCC=C)c1OCCCC=C. The molecule has 0 fully saturated rings. The fourth-order valence-corrected chi connectivity index (χ4v) is 2.28. The van der Waals surface area contributed by atoms with Crippen LogP contribution in [0.25, 0.3) is 0 Å². The number of hydrogen-bond acceptors (Lipinski definition) is 4. The summed E-state index contributed by atoms with van der Waals surface area (Å²) in [5.74, 6) is 0.175. The Morgan fingerprint density at radius 3 is 1.59 bits per heavy atom. The molecule has 27 heavy (non-hydrogen) atoms. The minimum atomic E-state index is -1.04. The summed E-state index contributed by atoms with van der Waals surface area (Å²) in [6.45, 7) is 12.4. The molecule has 0 radical (unpaired) electrons. The van der Waals surface area contributed by atoms with Gasteiger partial charge >= 0.3 is 5.97 Å². The number of unbranched alkanes of at least 4 members (excludes halogenated alkanes) is 3. The fourth-order valence-electron chi connectivity index (χ4n) is 2.28. The van der Waals surface area contributed by atoms with Crippen molar-refractivity contribution in [3.63, 3.8) is 0 Å². The van der Waals surface area contributed by atoms with Gasteiger partial charge in [0.1, 0.15) is 0 Å². The van der Waals surface area contributed by atoms with Gasteiger partial charge in [0.2, 0.25) is 5.75 Å². The van der Waals surface area contributed by atoms with Gasteiger partial charge in [-0.15, -0.1) is 19.7 Å². The molecule has 0 atom stereocenters. The first-order valence-corrected chi connectivity index (χ1v) is 9.26. The lowest BCUT2D eigenvalue weighted by molar-refractivity contribution is 0.0695. The van der Waals surface area contributed by atoms with Crippen LogP contribution in [-0.2, 0) is 0 Å². The third kappa shape index (κ3) is 8.49. The molecular formula is C22H30O5. The van der Waals surface area contributed by atoms with E-state index in [1.54, 1.807) is 0 Å². The first kappa shape index (κ1) is 22.4. The summed E-state index contributed by atoms with van der Waals surface area (Å²) >= 11 is 0. The van der Waals surface area contributed by atoms with E-state index < -0.39 is 5.97 Å². The Hall–Kier alpha value is -2.69. The Labute approximate surface area is 161 Å². The highest BCUT2D eigenvalue weighted by atomic mass is 16.5. The molecule has 0 aliphatic heterocycles. The molecule has 5 nitrogen and oxygen atoms in total. The maximum atomic E-state index is 11.5. The molecule has 0 aromatic heterocycles. The maximum Gasteiger partial charge on any atom is 0.335 e. The molecule has 0 bridgehead atoms. The number of benzene rings is 1. The van der Waals surface area contributed by atoms with E-state index in [2.05, 4.69) is 19.7 Å². The Bertz CT molecular complexity index is 584. The predicted molar refractivity (Wildman–Crippen MR) is 108 cm³/mol. The molecule has 0 heterocycles. The molecule has 0 amide bonds. The second-order valence-corrected chi connectivity index (χ2v) is 5.94. The average Bonchev–Trinajstić information content (AvgIpc) is 2.66. The molecule has 5 heteroatoms. The normalized spacial score (nSPS) is 10.1. The predicted octanol–water partition coefficient (Wildman–Crippen LogP) is 5.42. The largest absolute Gasteiger partial charge is 0.490 e. The van der Waals surface area contributed by atoms with Gasteiger partial charge < -0.3 is 19.3 Å². The van der Waals surface area contributed by atoms with Gasteiger partial charge in [0.25, 0.3) is 0 Å². The van der Waals surface area contributed by atoms with E-state index in [0.29, 0.717) is 37.1 Å². The number of rotatable bonds is 16. The molecule has 0 spiro atoms. The number of allylic oxidation sites excluding steroid dienone is 3. The molecule has 0 aliphatic rings. The smallest absolute Gasteiger partial charge is 0.335 e. The Morgan fingerprint density at radius 2 is 1.22 bits per heavy atom. The van der Waals surface area contributed by atoms with E-state index in [1.165, 1.54) is 12.1 Å². The summed E-state index contributed by atoms with van der Waals surface area (Å²) in [6.07, 6.45) is 10.3. The van der Waals surface area contributed by atoms with Crippen LogP contribution >= 0.6 is 0 Å². The van der Waals surface area contributed by atoms with Crippen LogP contribution in [0, 0.1) is 0 Å². The summed E-state index contributed by atoms with van der Waals surface area (Å²) in [4.78, 5) is 11.5. The van der Waals surface area contributed by atoms with Gasteiger partial charge in [0.15, 0.2) is 11.5 Å². The van der Waals surface area contributed by atoms with Crippen LogP contribution in [0.5, 0.6) is 17.2 Å². The van der Waals surface area contributed by atoms with Crippen molar-refractivity contribution in [1.82, 2.24) is 0 Å². The highest BCUT2D eigenvalue weighted by molar-refractivity contribution is 5.89. The fraction of sp³-hybridized carbons (Fsp3) is 0.409. The number of aromatic carboxylic acids is 1. The molecule has 0 aliphatic carbocycles. The van der Waals surface area contributed by atoms with E-state index in [0.717, 1.165) is 38.5 Å². The minimum Gasteiger partial charge on any atom is -0.490 e. The Balaban J connectivity index is 3.04. The number of ether oxygens (including phenoxy) is 3. The second-order valence-electron chi connectivity index (χ2n) is 5.94. The molecule has 1 N–H and O–H groups in total. The summed E-state index contributed by atoms with van der Waals surface area (Å²) < 4.78 is 17.5. The van der Waals surface area contributed by atoms with Gasteiger partial charge in [-0.05, 0) is 50.7 Å². The molecule has 148 valence electrons. The highest BCUT2D eigenvalue weighted by Crippen LogP contribution is 2.39. The zero-order valence-corrected chi connectivity index (χ0v) is 16.0. The number of carboxylic acid groups (broad SMARTS) is 1. The van der Waals surface area contributed by atoms with Crippen LogP contribution in [0.3, 0.4) is 0 Å². The highest BCUT2D eigenvalue weighted by Gasteiger charge is 2.18. The lowest BCUT2D eigenvalue weighted by Gasteiger charge is -2.18. The standard InChI is InChI=1S/C22H30O5/c1-4-7-10-13-25-19-16-18(22(23)24)17-20(26-14-11-8-5-2)21(19)27-15-12-9-6-3/h4-6,16-17H,1-3,7-15H2,(H,23,24). The van der Waals surface area contributed by atoms with Crippen molar-refractivity contribution < 1.29 is 24.1 Å². The maximum absolute atomic E-state index is 11.5. The van der Waals surface area contributed by atoms with Crippen molar-refractivity contribution in [3.8, 4) is 17.2 Å². The van der Waals surface area contributed by atoms with Gasteiger partial charge in [0, 0.05) is 0 Å². The molecule has 0 saturated heterocycles. The summed E-state index contributed by atoms with van der Waals surface area (Å²) in [5, 5.41) is 9.40.